The van der Waals surface area contributed by atoms with Crippen molar-refractivity contribution in [2.24, 2.45) is 5.92 Å². The standard InChI is InChI=1S/C25H35NO6/c1-3-29-25-19(10-7-13-27)20(17-11-12-21-22(14-17)31-16-30-21)15-23(32-25)24(28)26(2)18-8-5-4-6-9-18/h11-12,14-15,18-20,25,27H,3-10,13,16H2,1-2H3/t19-,20-,25-/m0/s1. The van der Waals surface area contributed by atoms with E-state index in [1.165, 1.54) is 6.42 Å². The Kier molecular flexibility index (Phi) is 7.58. The smallest absolute Gasteiger partial charge is 0.288 e. The normalized spacial score (nSPS) is 25.2. The van der Waals surface area contributed by atoms with Crippen LogP contribution in [-0.4, -0.2) is 55.3 Å². The number of amides is 1. The molecule has 0 radical (unpaired) electrons. The number of rotatable bonds is 8. The van der Waals surface area contributed by atoms with E-state index >= 15 is 0 Å². The fourth-order valence-corrected chi connectivity index (χ4v) is 5.07. The summed E-state index contributed by atoms with van der Waals surface area (Å²) >= 11 is 0. The Morgan fingerprint density at radius 3 is 2.72 bits per heavy atom. The lowest BCUT2D eigenvalue weighted by molar-refractivity contribution is -0.170. The monoisotopic (exact) mass is 445 g/mol. The first kappa shape index (κ1) is 22.9. The van der Waals surface area contributed by atoms with Gasteiger partial charge in [0.2, 0.25) is 13.1 Å². The average Bonchev–Trinajstić information content (AvgIpc) is 3.30. The predicted octanol–water partition coefficient (Wildman–Crippen LogP) is 3.96. The Bertz CT molecular complexity index is 819. The molecule has 176 valence electrons. The van der Waals surface area contributed by atoms with Crippen molar-refractivity contribution in [1.82, 2.24) is 4.90 Å². The maximum absolute atomic E-state index is 13.4. The Labute approximate surface area is 190 Å². The van der Waals surface area contributed by atoms with Crippen LogP contribution in [0.2, 0.25) is 0 Å². The van der Waals surface area contributed by atoms with Crippen LogP contribution in [0.5, 0.6) is 11.5 Å². The molecule has 1 aromatic rings. The van der Waals surface area contributed by atoms with Crippen LogP contribution < -0.4 is 9.47 Å². The first-order valence-corrected chi connectivity index (χ1v) is 11.9. The highest BCUT2D eigenvalue weighted by molar-refractivity contribution is 5.92. The van der Waals surface area contributed by atoms with E-state index in [9.17, 15) is 9.90 Å². The summed E-state index contributed by atoms with van der Waals surface area (Å²) in [5.74, 6) is 1.57. The quantitative estimate of drug-likeness (QED) is 0.653. The number of carbonyl (C=O) groups is 1. The predicted molar refractivity (Wildman–Crippen MR) is 119 cm³/mol. The van der Waals surface area contributed by atoms with Gasteiger partial charge in [-0.25, -0.2) is 0 Å². The van der Waals surface area contributed by atoms with Gasteiger partial charge in [0, 0.05) is 38.1 Å². The summed E-state index contributed by atoms with van der Waals surface area (Å²) in [7, 11) is 1.88. The van der Waals surface area contributed by atoms with Crippen molar-refractivity contribution < 1.29 is 28.8 Å². The van der Waals surface area contributed by atoms with E-state index in [1.807, 2.05) is 43.1 Å². The molecular formula is C25H35NO6. The van der Waals surface area contributed by atoms with Crippen molar-refractivity contribution in [3.8, 4) is 11.5 Å². The van der Waals surface area contributed by atoms with Gasteiger partial charge in [-0.1, -0.05) is 25.3 Å². The molecule has 1 amide bonds. The molecule has 7 nitrogen and oxygen atoms in total. The van der Waals surface area contributed by atoms with Gasteiger partial charge in [0.1, 0.15) is 0 Å². The van der Waals surface area contributed by atoms with Crippen LogP contribution in [0.4, 0.5) is 0 Å². The van der Waals surface area contributed by atoms with Crippen LogP contribution in [0, 0.1) is 5.92 Å². The molecule has 1 aromatic carbocycles. The summed E-state index contributed by atoms with van der Waals surface area (Å²) in [6, 6.07) is 6.16. The molecule has 0 saturated heterocycles. The van der Waals surface area contributed by atoms with Gasteiger partial charge in [-0.15, -0.1) is 0 Å². The molecule has 0 unspecified atom stereocenters. The summed E-state index contributed by atoms with van der Waals surface area (Å²) in [5.41, 5.74) is 1.02. The maximum atomic E-state index is 13.4. The second-order valence-corrected chi connectivity index (χ2v) is 8.85. The molecule has 7 heteroatoms. The Morgan fingerprint density at radius 2 is 1.97 bits per heavy atom. The van der Waals surface area contributed by atoms with Crippen LogP contribution in [0.25, 0.3) is 0 Å². The zero-order valence-electron chi connectivity index (χ0n) is 19.1. The zero-order valence-corrected chi connectivity index (χ0v) is 19.1. The largest absolute Gasteiger partial charge is 0.459 e. The highest BCUT2D eigenvalue weighted by Crippen LogP contribution is 2.43. The van der Waals surface area contributed by atoms with Crippen LogP contribution in [0.3, 0.4) is 0 Å². The number of hydrogen-bond acceptors (Lipinski definition) is 6. The topological polar surface area (TPSA) is 77.5 Å². The minimum Gasteiger partial charge on any atom is -0.459 e. The molecule has 32 heavy (non-hydrogen) atoms. The Balaban J connectivity index is 1.65. The lowest BCUT2D eigenvalue weighted by Gasteiger charge is -2.39. The Morgan fingerprint density at radius 1 is 1.19 bits per heavy atom. The van der Waals surface area contributed by atoms with E-state index in [4.69, 9.17) is 18.9 Å². The first-order valence-electron chi connectivity index (χ1n) is 11.9. The molecule has 2 heterocycles. The van der Waals surface area contributed by atoms with Crippen molar-refractivity contribution in [2.45, 2.75) is 70.1 Å². The number of likely N-dealkylation sites (N-methyl/N-ethyl adjacent to an activating group) is 1. The number of carbonyl (C=O) groups excluding carboxylic acids is 1. The van der Waals surface area contributed by atoms with Crippen LogP contribution in [0.1, 0.15) is 63.4 Å². The number of aliphatic hydroxyl groups excluding tert-OH is 1. The van der Waals surface area contributed by atoms with Gasteiger partial charge >= 0.3 is 0 Å². The number of benzene rings is 1. The van der Waals surface area contributed by atoms with Gasteiger partial charge in [0.25, 0.3) is 5.91 Å². The number of allylic oxidation sites excluding steroid dienone is 1. The SMILES string of the molecule is CCO[C@H]1OC(C(=O)N(C)C2CCCCC2)=C[C@@H](c2ccc3c(c2)OCO3)[C@@H]1CCCO. The minimum absolute atomic E-state index is 0.0287. The summed E-state index contributed by atoms with van der Waals surface area (Å²) in [4.78, 5) is 15.3. The minimum atomic E-state index is -0.550. The van der Waals surface area contributed by atoms with E-state index in [-0.39, 0.29) is 37.2 Å². The third kappa shape index (κ3) is 4.89. The van der Waals surface area contributed by atoms with E-state index in [1.54, 1.807) is 0 Å². The molecule has 0 bridgehead atoms. The lowest BCUT2D eigenvalue weighted by atomic mass is 9.80. The molecule has 1 fully saturated rings. The number of hydrogen-bond donors (Lipinski definition) is 1. The molecule has 2 aliphatic heterocycles. The fraction of sp³-hybridized carbons (Fsp3) is 0.640. The average molecular weight is 446 g/mol. The van der Waals surface area contributed by atoms with Gasteiger partial charge in [0.05, 0.1) is 0 Å². The van der Waals surface area contributed by atoms with Gasteiger partial charge in [-0.05, 0) is 56.4 Å². The second kappa shape index (κ2) is 10.6. The third-order valence-electron chi connectivity index (χ3n) is 6.85. The number of fused-ring (bicyclic) bond motifs is 1. The number of ether oxygens (including phenoxy) is 4. The summed E-state index contributed by atoms with van der Waals surface area (Å²) in [5, 5.41) is 9.46. The van der Waals surface area contributed by atoms with Gasteiger partial charge in [-0.3, -0.25) is 4.79 Å². The summed E-state index contributed by atoms with van der Waals surface area (Å²) < 4.78 is 23.2. The van der Waals surface area contributed by atoms with E-state index in [0.717, 1.165) is 43.4 Å². The first-order chi connectivity index (χ1) is 15.6. The molecule has 1 N–H and O–H groups in total. The van der Waals surface area contributed by atoms with Gasteiger partial charge in [0.15, 0.2) is 17.3 Å². The molecule has 4 rings (SSSR count). The molecule has 3 aliphatic rings. The van der Waals surface area contributed by atoms with Crippen LogP contribution in [0.15, 0.2) is 30.0 Å². The molecule has 3 atom stereocenters. The van der Waals surface area contributed by atoms with E-state index in [0.29, 0.717) is 24.5 Å². The Hall–Kier alpha value is -2.25. The zero-order chi connectivity index (χ0) is 22.5. The number of nitrogens with zero attached hydrogens (tertiary/aromatic N) is 1. The third-order valence-corrected chi connectivity index (χ3v) is 6.85. The maximum Gasteiger partial charge on any atom is 0.288 e. The van der Waals surface area contributed by atoms with Crippen molar-refractivity contribution in [2.75, 3.05) is 27.1 Å². The highest BCUT2D eigenvalue weighted by Gasteiger charge is 2.39. The molecule has 1 aliphatic carbocycles. The van der Waals surface area contributed by atoms with Crippen LogP contribution >= 0.6 is 0 Å². The van der Waals surface area contributed by atoms with Crippen LogP contribution in [-0.2, 0) is 14.3 Å². The van der Waals surface area contributed by atoms with E-state index < -0.39 is 6.29 Å². The molecule has 0 spiro atoms. The summed E-state index contributed by atoms with van der Waals surface area (Å²) in [6.45, 7) is 2.72. The van der Waals surface area contributed by atoms with Crippen molar-refractivity contribution in [3.05, 3.63) is 35.6 Å². The molecular weight excluding hydrogens is 410 g/mol. The second-order valence-electron chi connectivity index (χ2n) is 8.85. The molecule has 0 aromatic heterocycles. The van der Waals surface area contributed by atoms with Gasteiger partial charge < -0.3 is 29.0 Å². The number of aliphatic hydroxyl groups is 1. The van der Waals surface area contributed by atoms with E-state index in [2.05, 4.69) is 0 Å². The van der Waals surface area contributed by atoms with Crippen molar-refractivity contribution in [1.29, 1.82) is 0 Å². The highest BCUT2D eigenvalue weighted by atomic mass is 16.7. The van der Waals surface area contributed by atoms with Crippen molar-refractivity contribution >= 4 is 5.91 Å². The fourth-order valence-electron chi connectivity index (χ4n) is 5.07. The van der Waals surface area contributed by atoms with Gasteiger partial charge in [-0.2, -0.15) is 0 Å². The lowest BCUT2D eigenvalue weighted by Crippen LogP contribution is -2.43. The molecule has 1 saturated carbocycles. The van der Waals surface area contributed by atoms with Crippen molar-refractivity contribution in [3.63, 3.8) is 0 Å². The summed E-state index contributed by atoms with van der Waals surface area (Å²) in [6.07, 6.45) is 8.38.